The van der Waals surface area contributed by atoms with Crippen molar-refractivity contribution in [2.45, 2.75) is 6.92 Å². The maximum Gasteiger partial charge on any atom is 0.409 e. The summed E-state index contributed by atoms with van der Waals surface area (Å²) in [7, 11) is 1.42. The second-order valence-electron chi connectivity index (χ2n) is 3.43. The Kier molecular flexibility index (Phi) is 4.87. The van der Waals surface area contributed by atoms with Gasteiger partial charge in [-0.2, -0.15) is 0 Å². The number of nitro groups is 1. The Hall–Kier alpha value is -2.57. The van der Waals surface area contributed by atoms with Gasteiger partial charge in [0.2, 0.25) is 0 Å². The zero-order valence-corrected chi connectivity index (χ0v) is 10.5. The summed E-state index contributed by atoms with van der Waals surface area (Å²) in [6.45, 7) is 1.56. The lowest BCUT2D eigenvalue weighted by Crippen LogP contribution is -2.14. The summed E-state index contributed by atoms with van der Waals surface area (Å²) in [4.78, 5) is 21.4. The van der Waals surface area contributed by atoms with Crippen LogP contribution in [0.4, 0.5) is 0 Å². The molecule has 0 aliphatic carbocycles. The van der Waals surface area contributed by atoms with E-state index >= 15 is 0 Å². The molecule has 102 valence electrons. The lowest BCUT2D eigenvalue weighted by Gasteiger charge is -2.04. The topological polar surface area (TPSA) is 98.9 Å². The van der Waals surface area contributed by atoms with Gasteiger partial charge in [-0.25, -0.2) is 4.79 Å². The van der Waals surface area contributed by atoms with Crippen molar-refractivity contribution >= 4 is 12.0 Å². The number of carbonyl (C=O) groups excluding carboxylic acids is 1. The fourth-order valence-corrected chi connectivity index (χ4v) is 1.31. The number of hydrogen-bond donors (Lipinski definition) is 1. The molecule has 0 radical (unpaired) electrons. The first-order chi connectivity index (χ1) is 8.99. The van der Waals surface area contributed by atoms with Crippen molar-refractivity contribution in [3.8, 4) is 11.5 Å². The van der Waals surface area contributed by atoms with E-state index in [1.165, 1.54) is 25.3 Å². The fourth-order valence-electron chi connectivity index (χ4n) is 1.31. The summed E-state index contributed by atoms with van der Waals surface area (Å²) in [6.07, 6.45) is 0.940. The Morgan fingerprint density at radius 2 is 2.21 bits per heavy atom. The number of carbonyl (C=O) groups is 1. The van der Waals surface area contributed by atoms with Crippen molar-refractivity contribution < 1.29 is 24.3 Å². The van der Waals surface area contributed by atoms with Crippen molar-refractivity contribution in [1.29, 1.82) is 0 Å². The van der Waals surface area contributed by atoms with Crippen LogP contribution in [0.3, 0.4) is 0 Å². The average Bonchev–Trinajstić information content (AvgIpc) is 2.37. The number of rotatable bonds is 5. The molecule has 1 aromatic carbocycles. The molecule has 0 atom stereocenters. The van der Waals surface area contributed by atoms with E-state index in [0.717, 1.165) is 6.08 Å². The minimum atomic E-state index is -1.06. The Morgan fingerprint density at radius 3 is 2.74 bits per heavy atom. The van der Waals surface area contributed by atoms with Crippen LogP contribution in [-0.4, -0.2) is 29.7 Å². The zero-order valence-electron chi connectivity index (χ0n) is 10.5. The first-order valence-corrected chi connectivity index (χ1v) is 5.39. The SMILES string of the molecule is CCOC(=O)/C(=C\c1cc(OC)ccc1O)[N+](=O)[O-]. The monoisotopic (exact) mass is 267 g/mol. The number of ether oxygens (including phenoxy) is 2. The molecule has 0 fully saturated rings. The third-order valence-electron chi connectivity index (χ3n) is 2.21. The maximum atomic E-state index is 11.4. The van der Waals surface area contributed by atoms with E-state index in [4.69, 9.17) is 4.74 Å². The lowest BCUT2D eigenvalue weighted by molar-refractivity contribution is -0.419. The van der Waals surface area contributed by atoms with Gasteiger partial charge < -0.3 is 14.6 Å². The molecule has 1 rings (SSSR count). The normalized spacial score (nSPS) is 10.9. The number of methoxy groups -OCH3 is 1. The molecule has 7 nitrogen and oxygen atoms in total. The van der Waals surface area contributed by atoms with Gasteiger partial charge in [-0.15, -0.1) is 0 Å². The van der Waals surface area contributed by atoms with Crippen LogP contribution in [0.1, 0.15) is 12.5 Å². The van der Waals surface area contributed by atoms with Gasteiger partial charge >= 0.3 is 11.7 Å². The first-order valence-electron chi connectivity index (χ1n) is 5.39. The Labute approximate surface area is 109 Å². The number of nitrogens with zero attached hydrogens (tertiary/aromatic N) is 1. The minimum absolute atomic E-state index is 0.0219. The van der Waals surface area contributed by atoms with Crippen molar-refractivity contribution in [2.24, 2.45) is 0 Å². The number of phenols is 1. The number of phenolic OH excluding ortho intramolecular Hbond substituents is 1. The summed E-state index contributed by atoms with van der Waals surface area (Å²) in [5, 5.41) is 20.4. The molecule has 0 amide bonds. The van der Waals surface area contributed by atoms with Gasteiger partial charge in [-0.1, -0.05) is 0 Å². The van der Waals surface area contributed by atoms with E-state index < -0.39 is 16.6 Å². The molecule has 0 unspecified atom stereocenters. The molecule has 0 bridgehead atoms. The summed E-state index contributed by atoms with van der Waals surface area (Å²) in [5.41, 5.74) is -0.662. The summed E-state index contributed by atoms with van der Waals surface area (Å²) in [5.74, 6) is -0.866. The number of hydrogen-bond acceptors (Lipinski definition) is 6. The Balaban J connectivity index is 3.22. The molecular weight excluding hydrogens is 254 g/mol. The van der Waals surface area contributed by atoms with Crippen LogP contribution in [0.15, 0.2) is 23.9 Å². The van der Waals surface area contributed by atoms with Gasteiger partial charge in [-0.3, -0.25) is 10.1 Å². The van der Waals surface area contributed by atoms with E-state index in [2.05, 4.69) is 4.74 Å². The van der Waals surface area contributed by atoms with Crippen LogP contribution >= 0.6 is 0 Å². The molecule has 0 spiro atoms. The highest BCUT2D eigenvalue weighted by molar-refractivity contribution is 5.91. The molecular formula is C12H13NO6. The van der Waals surface area contributed by atoms with Crippen molar-refractivity contribution in [3.63, 3.8) is 0 Å². The predicted octanol–water partition coefficient (Wildman–Crippen LogP) is 1.58. The average molecular weight is 267 g/mol. The van der Waals surface area contributed by atoms with Crippen LogP contribution in [0.25, 0.3) is 6.08 Å². The van der Waals surface area contributed by atoms with Gasteiger partial charge in [0.15, 0.2) is 0 Å². The van der Waals surface area contributed by atoms with E-state index in [0.29, 0.717) is 5.75 Å². The van der Waals surface area contributed by atoms with Crippen molar-refractivity contribution in [2.75, 3.05) is 13.7 Å². The third kappa shape index (κ3) is 3.70. The summed E-state index contributed by atoms with van der Waals surface area (Å²) >= 11 is 0. The second-order valence-corrected chi connectivity index (χ2v) is 3.43. The fraction of sp³-hybridized carbons (Fsp3) is 0.250. The van der Waals surface area contributed by atoms with Gasteiger partial charge in [-0.05, 0) is 25.1 Å². The van der Waals surface area contributed by atoms with E-state index in [1.54, 1.807) is 6.92 Å². The second kappa shape index (κ2) is 6.39. The molecule has 19 heavy (non-hydrogen) atoms. The molecule has 0 saturated heterocycles. The first kappa shape index (κ1) is 14.5. The Morgan fingerprint density at radius 1 is 1.53 bits per heavy atom. The van der Waals surface area contributed by atoms with E-state index in [-0.39, 0.29) is 17.9 Å². The largest absolute Gasteiger partial charge is 0.507 e. The highest BCUT2D eigenvalue weighted by atomic mass is 16.6. The quantitative estimate of drug-likeness (QED) is 0.376. The summed E-state index contributed by atoms with van der Waals surface area (Å²) in [6, 6.07) is 4.17. The van der Waals surface area contributed by atoms with Crippen LogP contribution in [0.2, 0.25) is 0 Å². The highest BCUT2D eigenvalue weighted by Gasteiger charge is 2.24. The van der Waals surface area contributed by atoms with Gasteiger partial charge in [0.1, 0.15) is 11.5 Å². The van der Waals surface area contributed by atoms with E-state index in [1.807, 2.05) is 0 Å². The standard InChI is InChI=1S/C12H13NO6/c1-3-19-12(15)10(13(16)17)7-8-6-9(18-2)4-5-11(8)14/h4-7,14H,3H2,1-2H3/b10-7+. The van der Waals surface area contributed by atoms with E-state index in [9.17, 15) is 20.0 Å². The van der Waals surface area contributed by atoms with Crippen molar-refractivity contribution in [3.05, 3.63) is 39.6 Å². The molecule has 0 saturated carbocycles. The van der Waals surface area contributed by atoms with Gasteiger partial charge in [0.05, 0.1) is 18.6 Å². The van der Waals surface area contributed by atoms with Gasteiger partial charge in [0, 0.05) is 11.6 Å². The molecule has 7 heteroatoms. The number of benzene rings is 1. The number of aromatic hydroxyl groups is 1. The molecule has 1 aromatic rings. The smallest absolute Gasteiger partial charge is 0.409 e. The lowest BCUT2D eigenvalue weighted by atomic mass is 10.1. The highest BCUT2D eigenvalue weighted by Crippen LogP contribution is 2.25. The maximum absolute atomic E-state index is 11.4. The molecule has 1 N–H and O–H groups in total. The molecule has 0 aromatic heterocycles. The molecule has 0 heterocycles. The molecule has 0 aliphatic heterocycles. The van der Waals surface area contributed by atoms with Crippen LogP contribution in [0, 0.1) is 10.1 Å². The van der Waals surface area contributed by atoms with Crippen molar-refractivity contribution in [1.82, 2.24) is 0 Å². The van der Waals surface area contributed by atoms with Gasteiger partial charge in [0.25, 0.3) is 0 Å². The van der Waals surface area contributed by atoms with Crippen LogP contribution < -0.4 is 4.74 Å². The Bertz CT molecular complexity index is 523. The minimum Gasteiger partial charge on any atom is -0.507 e. The van der Waals surface area contributed by atoms with Crippen LogP contribution in [-0.2, 0) is 9.53 Å². The summed E-state index contributed by atoms with van der Waals surface area (Å²) < 4.78 is 9.51. The van der Waals surface area contributed by atoms with Crippen LogP contribution in [0.5, 0.6) is 11.5 Å². The predicted molar refractivity (Wildman–Crippen MR) is 66.3 cm³/mol. The molecule has 0 aliphatic rings. The number of esters is 1. The third-order valence-corrected chi connectivity index (χ3v) is 2.21. The zero-order chi connectivity index (χ0) is 14.4.